The summed E-state index contributed by atoms with van der Waals surface area (Å²) >= 11 is 7.04. The van der Waals surface area contributed by atoms with Crippen molar-refractivity contribution in [3.05, 3.63) is 16.0 Å². The van der Waals surface area contributed by atoms with Crippen molar-refractivity contribution in [3.8, 4) is 0 Å². The smallest absolute Gasteiger partial charge is 0.341 e. The van der Waals surface area contributed by atoms with Crippen LogP contribution in [0.1, 0.15) is 40.1 Å². The number of hydrazine groups is 1. The van der Waals surface area contributed by atoms with Crippen molar-refractivity contribution in [2.24, 2.45) is 0 Å². The predicted molar refractivity (Wildman–Crippen MR) is 98.7 cm³/mol. The molecule has 1 aliphatic heterocycles. The van der Waals surface area contributed by atoms with E-state index in [2.05, 4.69) is 10.7 Å². The van der Waals surface area contributed by atoms with Crippen molar-refractivity contribution < 1.29 is 14.3 Å². The van der Waals surface area contributed by atoms with Crippen molar-refractivity contribution in [2.75, 3.05) is 38.7 Å². The molecular formula is C16H23N3O3S2. The summed E-state index contributed by atoms with van der Waals surface area (Å²) in [5, 5.41) is 6.52. The monoisotopic (exact) mass is 369 g/mol. The number of carbonyl (C=O) groups is 1. The maximum Gasteiger partial charge on any atom is 0.341 e. The van der Waals surface area contributed by atoms with Gasteiger partial charge in [-0.25, -0.2) is 9.80 Å². The van der Waals surface area contributed by atoms with Crippen LogP contribution in [0.2, 0.25) is 0 Å². The summed E-state index contributed by atoms with van der Waals surface area (Å²) in [6.07, 6.45) is 5.45. The minimum Gasteiger partial charge on any atom is -0.465 e. The fourth-order valence-corrected chi connectivity index (χ4v) is 4.68. The molecule has 2 heterocycles. The average molecular weight is 370 g/mol. The third-order valence-corrected chi connectivity index (χ3v) is 5.71. The third-order valence-electron chi connectivity index (χ3n) is 4.31. The number of anilines is 1. The number of esters is 1. The van der Waals surface area contributed by atoms with Crippen LogP contribution >= 0.6 is 23.6 Å². The van der Waals surface area contributed by atoms with Gasteiger partial charge < -0.3 is 14.8 Å². The number of methoxy groups -OCH3 is 1. The average Bonchev–Trinajstić information content (AvgIpc) is 2.76. The SMILES string of the molecule is COC(=O)c1c(NC(=S)NN2CCOCC2)sc2c1CCCCC2. The van der Waals surface area contributed by atoms with Crippen LogP contribution in [0.4, 0.5) is 5.00 Å². The van der Waals surface area contributed by atoms with Gasteiger partial charge in [0.05, 0.1) is 25.9 Å². The van der Waals surface area contributed by atoms with Gasteiger partial charge in [0.15, 0.2) is 5.11 Å². The molecule has 0 aromatic carbocycles. The van der Waals surface area contributed by atoms with Gasteiger partial charge in [-0.2, -0.15) is 0 Å². The summed E-state index contributed by atoms with van der Waals surface area (Å²) in [6, 6.07) is 0. The largest absolute Gasteiger partial charge is 0.465 e. The molecule has 0 bridgehead atoms. The second kappa shape index (κ2) is 8.24. The number of nitrogens with one attached hydrogen (secondary N) is 2. The predicted octanol–water partition coefficient (Wildman–Crippen LogP) is 2.34. The van der Waals surface area contributed by atoms with Crippen LogP contribution in [0.5, 0.6) is 0 Å². The first-order chi connectivity index (χ1) is 11.7. The number of morpholine rings is 1. The highest BCUT2D eigenvalue weighted by Crippen LogP contribution is 2.37. The lowest BCUT2D eigenvalue weighted by Crippen LogP contribution is -2.49. The first-order valence-electron chi connectivity index (χ1n) is 8.32. The Bertz CT molecular complexity index is 612. The second-order valence-electron chi connectivity index (χ2n) is 5.93. The van der Waals surface area contributed by atoms with Crippen LogP contribution in [0, 0.1) is 0 Å². The lowest BCUT2D eigenvalue weighted by atomic mass is 10.1. The molecular weight excluding hydrogens is 346 g/mol. The molecule has 0 atom stereocenters. The van der Waals surface area contributed by atoms with E-state index in [1.54, 1.807) is 11.3 Å². The lowest BCUT2D eigenvalue weighted by Gasteiger charge is -2.28. The Morgan fingerprint density at radius 3 is 2.75 bits per heavy atom. The van der Waals surface area contributed by atoms with E-state index in [-0.39, 0.29) is 5.97 Å². The lowest BCUT2D eigenvalue weighted by molar-refractivity contribution is 0.0252. The second-order valence-corrected chi connectivity index (χ2v) is 7.44. The molecule has 132 valence electrons. The Morgan fingerprint density at radius 1 is 1.25 bits per heavy atom. The molecule has 1 aromatic rings. The van der Waals surface area contributed by atoms with Gasteiger partial charge >= 0.3 is 5.97 Å². The Kier molecular flexibility index (Phi) is 6.04. The molecule has 1 aliphatic carbocycles. The molecule has 8 heteroatoms. The zero-order valence-corrected chi connectivity index (χ0v) is 15.5. The Labute approximate surface area is 151 Å². The zero-order chi connectivity index (χ0) is 16.9. The third kappa shape index (κ3) is 4.05. The molecule has 2 aliphatic rings. The number of rotatable bonds is 3. The Morgan fingerprint density at radius 2 is 2.00 bits per heavy atom. The number of hydrogen-bond donors (Lipinski definition) is 2. The number of nitrogens with zero attached hydrogens (tertiary/aromatic N) is 1. The number of aryl methyl sites for hydroxylation is 1. The van der Waals surface area contributed by atoms with Gasteiger partial charge in [0.2, 0.25) is 0 Å². The van der Waals surface area contributed by atoms with E-state index in [0.29, 0.717) is 23.9 Å². The number of hydrogen-bond acceptors (Lipinski definition) is 6. The standard InChI is InChI=1S/C16H23N3O3S2/c1-21-15(20)13-11-5-3-2-4-6-12(11)24-14(13)17-16(23)18-19-7-9-22-10-8-19/h2-10H2,1H3,(H2,17,18,23). The van der Waals surface area contributed by atoms with Crippen LogP contribution in [0.3, 0.4) is 0 Å². The maximum absolute atomic E-state index is 12.3. The van der Waals surface area contributed by atoms with Gasteiger partial charge in [-0.15, -0.1) is 11.3 Å². The highest BCUT2D eigenvalue weighted by atomic mass is 32.1. The van der Waals surface area contributed by atoms with Crippen molar-refractivity contribution in [1.82, 2.24) is 10.4 Å². The molecule has 2 N–H and O–H groups in total. The minimum atomic E-state index is -0.286. The summed E-state index contributed by atoms with van der Waals surface area (Å²) < 4.78 is 10.3. The Hall–Kier alpha value is -1.22. The summed E-state index contributed by atoms with van der Waals surface area (Å²) in [4.78, 5) is 13.6. The van der Waals surface area contributed by atoms with E-state index < -0.39 is 0 Å². The van der Waals surface area contributed by atoms with Gasteiger partial charge in [0.25, 0.3) is 0 Å². The molecule has 0 unspecified atom stereocenters. The number of ether oxygens (including phenoxy) is 2. The summed E-state index contributed by atoms with van der Waals surface area (Å²) in [6.45, 7) is 2.95. The van der Waals surface area contributed by atoms with E-state index in [9.17, 15) is 4.79 Å². The molecule has 3 rings (SSSR count). The summed E-state index contributed by atoms with van der Waals surface area (Å²) in [5.41, 5.74) is 4.97. The molecule has 0 saturated carbocycles. The quantitative estimate of drug-likeness (QED) is 0.482. The zero-order valence-electron chi connectivity index (χ0n) is 13.9. The number of carbonyl (C=O) groups excluding carboxylic acids is 1. The summed E-state index contributed by atoms with van der Waals surface area (Å²) in [5.74, 6) is -0.286. The number of thiocarbonyl (C=S) groups is 1. The fraction of sp³-hybridized carbons (Fsp3) is 0.625. The van der Waals surface area contributed by atoms with Crippen LogP contribution in [-0.4, -0.2) is 49.5 Å². The number of fused-ring (bicyclic) bond motifs is 1. The van der Waals surface area contributed by atoms with Gasteiger partial charge in [0.1, 0.15) is 5.00 Å². The van der Waals surface area contributed by atoms with Crippen LogP contribution in [-0.2, 0) is 22.3 Å². The minimum absolute atomic E-state index is 0.286. The topological polar surface area (TPSA) is 62.8 Å². The van der Waals surface area contributed by atoms with Crippen LogP contribution in [0.15, 0.2) is 0 Å². The molecule has 24 heavy (non-hydrogen) atoms. The van der Waals surface area contributed by atoms with Crippen molar-refractivity contribution in [3.63, 3.8) is 0 Å². The van der Waals surface area contributed by atoms with Gasteiger partial charge in [-0.3, -0.25) is 5.43 Å². The van der Waals surface area contributed by atoms with E-state index in [4.69, 9.17) is 21.7 Å². The highest BCUT2D eigenvalue weighted by molar-refractivity contribution is 7.80. The van der Waals surface area contributed by atoms with Crippen LogP contribution in [0.25, 0.3) is 0 Å². The molecule has 1 aromatic heterocycles. The molecule has 0 radical (unpaired) electrons. The molecule has 0 amide bonds. The summed E-state index contributed by atoms with van der Waals surface area (Å²) in [7, 11) is 1.43. The number of thiophene rings is 1. The van der Waals surface area contributed by atoms with Crippen molar-refractivity contribution in [1.29, 1.82) is 0 Å². The van der Waals surface area contributed by atoms with E-state index >= 15 is 0 Å². The fourth-order valence-electron chi connectivity index (χ4n) is 3.10. The van der Waals surface area contributed by atoms with Crippen molar-refractivity contribution >= 4 is 39.6 Å². The first kappa shape index (κ1) is 17.6. The molecule has 6 nitrogen and oxygen atoms in total. The van der Waals surface area contributed by atoms with Gasteiger partial charge in [0, 0.05) is 18.0 Å². The Balaban J connectivity index is 1.76. The highest BCUT2D eigenvalue weighted by Gasteiger charge is 2.26. The van der Waals surface area contributed by atoms with E-state index in [1.807, 2.05) is 5.01 Å². The molecule has 1 saturated heterocycles. The van der Waals surface area contributed by atoms with Gasteiger partial charge in [-0.1, -0.05) is 6.42 Å². The molecule has 0 spiro atoms. The van der Waals surface area contributed by atoms with Crippen molar-refractivity contribution in [2.45, 2.75) is 32.1 Å². The first-order valence-corrected chi connectivity index (χ1v) is 9.54. The van der Waals surface area contributed by atoms with E-state index in [0.717, 1.165) is 42.9 Å². The molecule has 1 fully saturated rings. The maximum atomic E-state index is 12.3. The normalized spacial score (nSPS) is 18.4. The van der Waals surface area contributed by atoms with E-state index in [1.165, 1.54) is 24.8 Å². The van der Waals surface area contributed by atoms with Crippen LogP contribution < -0.4 is 10.7 Å². The van der Waals surface area contributed by atoms with Gasteiger partial charge in [-0.05, 0) is 43.5 Å².